The molecule has 0 unspecified atom stereocenters. The molecule has 0 amide bonds. The second-order valence-corrected chi connectivity index (χ2v) is 6.54. The molecule has 15 heavy (non-hydrogen) atoms. The van der Waals surface area contributed by atoms with E-state index in [1.165, 1.54) is 38.5 Å². The van der Waals surface area contributed by atoms with Crippen LogP contribution in [0.5, 0.6) is 0 Å². The summed E-state index contributed by atoms with van der Waals surface area (Å²) in [6.07, 6.45) is 8.73. The zero-order valence-corrected chi connectivity index (χ0v) is 9.24. The Morgan fingerprint density at radius 2 is 1.40 bits per heavy atom. The Kier molecular flexibility index (Phi) is 1.55. The van der Waals surface area contributed by atoms with Gasteiger partial charge in [-0.2, -0.15) is 0 Å². The SMILES string of the molecule is O=C1CN(C23CC4CC(CC(C4)C2)C3)C1. The van der Waals surface area contributed by atoms with Crippen LogP contribution in [0, 0.1) is 17.8 Å². The highest BCUT2D eigenvalue weighted by Gasteiger charge is 2.55. The lowest BCUT2D eigenvalue weighted by Crippen LogP contribution is -2.66. The molecular formula is C13H19NO. The predicted molar refractivity (Wildman–Crippen MR) is 57.5 cm³/mol. The van der Waals surface area contributed by atoms with Gasteiger partial charge >= 0.3 is 0 Å². The van der Waals surface area contributed by atoms with Gasteiger partial charge in [0.1, 0.15) is 0 Å². The third-order valence-corrected chi connectivity index (χ3v) is 5.41. The fourth-order valence-corrected chi connectivity index (χ4v) is 5.17. The Balaban J connectivity index is 1.63. The number of carbonyl (C=O) groups excluding carboxylic acids is 1. The highest BCUT2D eigenvalue weighted by molar-refractivity contribution is 5.88. The zero-order chi connectivity index (χ0) is 10.0. The van der Waals surface area contributed by atoms with Gasteiger partial charge in [0, 0.05) is 5.54 Å². The van der Waals surface area contributed by atoms with Gasteiger partial charge in [-0.15, -0.1) is 0 Å². The molecule has 1 saturated heterocycles. The van der Waals surface area contributed by atoms with E-state index in [2.05, 4.69) is 4.90 Å². The number of nitrogens with zero attached hydrogens (tertiary/aromatic N) is 1. The number of hydrogen-bond acceptors (Lipinski definition) is 2. The summed E-state index contributed by atoms with van der Waals surface area (Å²) in [5.41, 5.74) is 0.489. The number of likely N-dealkylation sites (tertiary alicyclic amines) is 1. The standard InChI is InChI=1S/C13H19NO/c15-12-7-14(8-12)13-4-9-1-10(5-13)3-11(2-9)6-13/h9-11H,1-8H2. The monoisotopic (exact) mass is 205 g/mol. The molecule has 0 N–H and O–H groups in total. The predicted octanol–water partition coefficient (Wildman–Crippen LogP) is 1.84. The highest BCUT2D eigenvalue weighted by Crippen LogP contribution is 2.58. The Bertz CT molecular complexity index is 279. The maximum Gasteiger partial charge on any atom is 0.160 e. The van der Waals surface area contributed by atoms with E-state index in [1.807, 2.05) is 0 Å². The van der Waals surface area contributed by atoms with Gasteiger partial charge in [-0.25, -0.2) is 0 Å². The first-order valence-electron chi connectivity index (χ1n) is 6.50. The molecule has 4 saturated carbocycles. The molecule has 4 bridgehead atoms. The lowest BCUT2D eigenvalue weighted by atomic mass is 9.52. The van der Waals surface area contributed by atoms with Crippen molar-refractivity contribution in [3.63, 3.8) is 0 Å². The van der Waals surface area contributed by atoms with E-state index in [0.717, 1.165) is 30.8 Å². The van der Waals surface area contributed by atoms with E-state index >= 15 is 0 Å². The van der Waals surface area contributed by atoms with Crippen LogP contribution in [0.15, 0.2) is 0 Å². The minimum atomic E-state index is 0.464. The van der Waals surface area contributed by atoms with Gasteiger partial charge in [0.25, 0.3) is 0 Å². The van der Waals surface area contributed by atoms with Gasteiger partial charge in [0.05, 0.1) is 13.1 Å². The molecule has 82 valence electrons. The first-order chi connectivity index (χ1) is 7.23. The van der Waals surface area contributed by atoms with Gasteiger partial charge in [0.2, 0.25) is 0 Å². The van der Waals surface area contributed by atoms with Crippen molar-refractivity contribution in [3.8, 4) is 0 Å². The van der Waals surface area contributed by atoms with E-state index in [0.29, 0.717) is 11.3 Å². The van der Waals surface area contributed by atoms with Crippen LogP contribution in [-0.4, -0.2) is 29.3 Å². The summed E-state index contributed by atoms with van der Waals surface area (Å²) in [6, 6.07) is 0. The number of ketones is 1. The first-order valence-corrected chi connectivity index (χ1v) is 6.50. The summed E-state index contributed by atoms with van der Waals surface area (Å²) >= 11 is 0. The summed E-state index contributed by atoms with van der Waals surface area (Å²) in [7, 11) is 0. The lowest BCUT2D eigenvalue weighted by molar-refractivity contribution is -0.149. The van der Waals surface area contributed by atoms with Crippen molar-refractivity contribution in [2.24, 2.45) is 17.8 Å². The van der Waals surface area contributed by atoms with Crippen molar-refractivity contribution >= 4 is 5.78 Å². The maximum absolute atomic E-state index is 11.2. The molecule has 5 rings (SSSR count). The van der Waals surface area contributed by atoms with Crippen molar-refractivity contribution in [1.82, 2.24) is 4.90 Å². The summed E-state index contributed by atoms with van der Waals surface area (Å²) in [5.74, 6) is 3.48. The summed E-state index contributed by atoms with van der Waals surface area (Å²) in [4.78, 5) is 13.7. The van der Waals surface area contributed by atoms with Gasteiger partial charge in [-0.1, -0.05) is 0 Å². The number of Topliss-reactive ketones (excluding diaryl/α,β-unsaturated/α-hetero) is 1. The van der Waals surface area contributed by atoms with Crippen LogP contribution in [0.25, 0.3) is 0 Å². The van der Waals surface area contributed by atoms with Crippen LogP contribution in [0.4, 0.5) is 0 Å². The molecule has 0 spiro atoms. The highest BCUT2D eigenvalue weighted by atomic mass is 16.1. The van der Waals surface area contributed by atoms with Crippen LogP contribution >= 0.6 is 0 Å². The molecule has 2 heteroatoms. The molecule has 0 radical (unpaired) electrons. The molecule has 4 aliphatic carbocycles. The second-order valence-electron chi connectivity index (χ2n) is 6.54. The fourth-order valence-electron chi connectivity index (χ4n) is 5.17. The van der Waals surface area contributed by atoms with E-state index in [4.69, 9.17) is 0 Å². The van der Waals surface area contributed by atoms with Gasteiger partial charge in [-0.3, -0.25) is 9.69 Å². The summed E-state index contributed by atoms with van der Waals surface area (Å²) < 4.78 is 0. The molecule has 1 heterocycles. The summed E-state index contributed by atoms with van der Waals surface area (Å²) in [5, 5.41) is 0. The van der Waals surface area contributed by atoms with Crippen molar-refractivity contribution in [1.29, 1.82) is 0 Å². The third-order valence-electron chi connectivity index (χ3n) is 5.41. The molecule has 0 aromatic carbocycles. The molecule has 1 aliphatic heterocycles. The second kappa shape index (κ2) is 2.65. The van der Waals surface area contributed by atoms with E-state index in [1.54, 1.807) is 0 Å². The molecule has 5 fully saturated rings. The van der Waals surface area contributed by atoms with Crippen LogP contribution in [0.1, 0.15) is 38.5 Å². The van der Waals surface area contributed by atoms with Gasteiger partial charge in [-0.05, 0) is 56.3 Å². The van der Waals surface area contributed by atoms with E-state index in [-0.39, 0.29) is 0 Å². The largest absolute Gasteiger partial charge is 0.297 e. The molecule has 0 aromatic rings. The zero-order valence-electron chi connectivity index (χ0n) is 9.24. The van der Waals surface area contributed by atoms with Crippen LogP contribution in [0.2, 0.25) is 0 Å². The minimum absolute atomic E-state index is 0.464. The van der Waals surface area contributed by atoms with Gasteiger partial charge < -0.3 is 0 Å². The Labute approximate surface area is 91.0 Å². The normalized spacial score (nSPS) is 53.3. The van der Waals surface area contributed by atoms with Crippen LogP contribution in [-0.2, 0) is 4.79 Å². The molecule has 5 aliphatic rings. The molecule has 0 atom stereocenters. The van der Waals surface area contributed by atoms with Crippen LogP contribution in [0.3, 0.4) is 0 Å². The Hall–Kier alpha value is -0.370. The topological polar surface area (TPSA) is 20.3 Å². The van der Waals surface area contributed by atoms with Crippen molar-refractivity contribution < 1.29 is 4.79 Å². The lowest BCUT2D eigenvalue weighted by Gasteiger charge is -2.62. The van der Waals surface area contributed by atoms with E-state index < -0.39 is 0 Å². The summed E-state index contributed by atoms with van der Waals surface area (Å²) in [6.45, 7) is 1.54. The maximum atomic E-state index is 11.2. The number of carbonyl (C=O) groups is 1. The number of rotatable bonds is 1. The molecular weight excluding hydrogens is 186 g/mol. The van der Waals surface area contributed by atoms with Crippen molar-refractivity contribution in [2.45, 2.75) is 44.1 Å². The van der Waals surface area contributed by atoms with Crippen molar-refractivity contribution in [2.75, 3.05) is 13.1 Å². The Morgan fingerprint density at radius 3 is 1.80 bits per heavy atom. The average molecular weight is 205 g/mol. The van der Waals surface area contributed by atoms with Gasteiger partial charge in [0.15, 0.2) is 5.78 Å². The fraction of sp³-hybridized carbons (Fsp3) is 0.923. The van der Waals surface area contributed by atoms with E-state index in [9.17, 15) is 4.79 Å². The Morgan fingerprint density at radius 1 is 0.933 bits per heavy atom. The quantitative estimate of drug-likeness (QED) is 0.651. The molecule has 2 nitrogen and oxygen atoms in total. The first kappa shape index (κ1) is 8.74. The van der Waals surface area contributed by atoms with Crippen LogP contribution < -0.4 is 0 Å². The smallest absolute Gasteiger partial charge is 0.160 e. The number of hydrogen-bond donors (Lipinski definition) is 0. The molecule has 0 aromatic heterocycles. The average Bonchev–Trinajstić information content (AvgIpc) is 2.10. The minimum Gasteiger partial charge on any atom is -0.297 e. The van der Waals surface area contributed by atoms with Crippen molar-refractivity contribution in [3.05, 3.63) is 0 Å². The third kappa shape index (κ3) is 1.12.